The summed E-state index contributed by atoms with van der Waals surface area (Å²) >= 11 is 4.52. The first kappa shape index (κ1) is 20.7. The van der Waals surface area contributed by atoms with Crippen LogP contribution in [0.25, 0.3) is 0 Å². The van der Waals surface area contributed by atoms with Gasteiger partial charge in [-0.2, -0.15) is 5.26 Å². The molecule has 0 radical (unpaired) electrons. The van der Waals surface area contributed by atoms with Crippen molar-refractivity contribution in [3.05, 3.63) is 22.4 Å². The van der Waals surface area contributed by atoms with E-state index in [1.54, 1.807) is 18.3 Å². The molecule has 2 N–H and O–H groups in total. The van der Waals surface area contributed by atoms with E-state index in [0.29, 0.717) is 0 Å². The first-order valence-corrected chi connectivity index (χ1v) is 10.9. The summed E-state index contributed by atoms with van der Waals surface area (Å²) in [5, 5.41) is 26.2. The number of hydrogen-bond acceptors (Lipinski definition) is 8. The summed E-state index contributed by atoms with van der Waals surface area (Å²) in [7, 11) is 0. The Kier molecular flexibility index (Phi) is 7.43. The number of nitriles is 1. The van der Waals surface area contributed by atoms with Gasteiger partial charge in [-0.15, -0.1) is 21.5 Å². The maximum Gasteiger partial charge on any atom is 0.234 e. The maximum absolute atomic E-state index is 12.4. The normalized spacial score (nSPS) is 14.5. The van der Waals surface area contributed by atoms with Gasteiger partial charge in [-0.25, -0.2) is 0 Å². The lowest BCUT2D eigenvalue weighted by molar-refractivity contribution is -0.121. The number of thiophene rings is 1. The summed E-state index contributed by atoms with van der Waals surface area (Å²) in [6, 6.07) is 6.35. The van der Waals surface area contributed by atoms with Gasteiger partial charge < -0.3 is 10.6 Å². The fourth-order valence-electron chi connectivity index (χ4n) is 1.94. The molecule has 6 nitrogen and oxygen atoms in total. The van der Waals surface area contributed by atoms with Crippen LogP contribution in [0.5, 0.6) is 0 Å². The first-order chi connectivity index (χ1) is 12.3. The molecule has 2 aromatic heterocycles. The standard InChI is InChI=1S/C17H23N5OS3/c1-11(2)17(4,10-18)20-14(23)12(3)25-16-22-21-15(26-16)19-8-7-13-6-5-9-24-13/h5-6,9,11-12H,7-8H2,1-4H3,(H,19,21)(H,20,23). The third kappa shape index (κ3) is 5.69. The molecular formula is C17H23N5OS3. The third-order valence-electron chi connectivity index (χ3n) is 4.05. The van der Waals surface area contributed by atoms with E-state index in [0.717, 1.165) is 22.4 Å². The van der Waals surface area contributed by atoms with Gasteiger partial charge in [0.05, 0.1) is 11.3 Å². The lowest BCUT2D eigenvalue weighted by atomic mass is 9.90. The van der Waals surface area contributed by atoms with Crippen molar-refractivity contribution in [1.82, 2.24) is 15.5 Å². The Morgan fingerprint density at radius 1 is 1.42 bits per heavy atom. The molecule has 0 aromatic carbocycles. The highest BCUT2D eigenvalue weighted by Gasteiger charge is 2.32. The molecule has 0 saturated heterocycles. The molecule has 0 bridgehead atoms. The Hall–Kier alpha value is -1.63. The van der Waals surface area contributed by atoms with Crippen LogP contribution in [0.1, 0.15) is 32.6 Å². The topological polar surface area (TPSA) is 90.7 Å². The highest BCUT2D eigenvalue weighted by molar-refractivity contribution is 8.02. The van der Waals surface area contributed by atoms with Crippen molar-refractivity contribution in [2.75, 3.05) is 11.9 Å². The molecule has 0 aliphatic rings. The molecule has 0 saturated carbocycles. The second-order valence-electron chi connectivity index (χ2n) is 6.35. The van der Waals surface area contributed by atoms with Gasteiger partial charge >= 0.3 is 0 Å². The average molecular weight is 410 g/mol. The molecule has 0 aliphatic heterocycles. The molecule has 0 spiro atoms. The van der Waals surface area contributed by atoms with Crippen LogP contribution in [0.3, 0.4) is 0 Å². The van der Waals surface area contributed by atoms with E-state index >= 15 is 0 Å². The molecule has 1 amide bonds. The zero-order valence-corrected chi connectivity index (χ0v) is 17.7. The van der Waals surface area contributed by atoms with Crippen molar-refractivity contribution in [2.24, 2.45) is 5.92 Å². The zero-order valence-electron chi connectivity index (χ0n) is 15.3. The van der Waals surface area contributed by atoms with Gasteiger partial charge in [-0.3, -0.25) is 4.79 Å². The van der Waals surface area contributed by atoms with Crippen LogP contribution in [0, 0.1) is 17.2 Å². The van der Waals surface area contributed by atoms with Gasteiger partial charge in [0.2, 0.25) is 11.0 Å². The summed E-state index contributed by atoms with van der Waals surface area (Å²) in [5.41, 5.74) is -0.873. The molecule has 140 valence electrons. The van der Waals surface area contributed by atoms with Crippen LogP contribution in [0.15, 0.2) is 21.9 Å². The second-order valence-corrected chi connectivity index (χ2v) is 9.95. The Morgan fingerprint density at radius 2 is 2.19 bits per heavy atom. The number of aromatic nitrogens is 2. The zero-order chi connectivity index (χ0) is 19.2. The van der Waals surface area contributed by atoms with E-state index < -0.39 is 5.54 Å². The minimum atomic E-state index is -0.873. The molecule has 2 unspecified atom stereocenters. The van der Waals surface area contributed by atoms with Crippen LogP contribution >= 0.6 is 34.4 Å². The van der Waals surface area contributed by atoms with Crippen LogP contribution in [0.4, 0.5) is 5.13 Å². The monoisotopic (exact) mass is 409 g/mol. The van der Waals surface area contributed by atoms with Crippen molar-refractivity contribution in [3.8, 4) is 6.07 Å². The smallest absolute Gasteiger partial charge is 0.234 e. The fraction of sp³-hybridized carbons (Fsp3) is 0.529. The van der Waals surface area contributed by atoms with Crippen LogP contribution in [-0.2, 0) is 11.2 Å². The van der Waals surface area contributed by atoms with Crippen LogP contribution in [-0.4, -0.2) is 33.4 Å². The van der Waals surface area contributed by atoms with Crippen molar-refractivity contribution >= 4 is 45.5 Å². The van der Waals surface area contributed by atoms with Gasteiger partial charge in [0.25, 0.3) is 0 Å². The Bertz CT molecular complexity index is 753. The second kappa shape index (κ2) is 9.35. The van der Waals surface area contributed by atoms with Crippen molar-refractivity contribution in [3.63, 3.8) is 0 Å². The predicted octanol–water partition coefficient (Wildman–Crippen LogP) is 3.79. The summed E-state index contributed by atoms with van der Waals surface area (Å²) in [5.74, 6) is -0.149. The van der Waals surface area contributed by atoms with E-state index in [9.17, 15) is 10.1 Å². The number of nitrogens with one attached hydrogen (secondary N) is 2. The molecule has 0 aliphatic carbocycles. The van der Waals surface area contributed by atoms with E-state index in [4.69, 9.17) is 0 Å². The number of rotatable bonds is 9. The quantitative estimate of drug-likeness (QED) is 0.612. The summed E-state index contributed by atoms with van der Waals surface area (Å²) < 4.78 is 0.731. The number of hydrogen-bond donors (Lipinski definition) is 2. The number of amides is 1. The molecule has 2 aromatic rings. The van der Waals surface area contributed by atoms with Crippen molar-refractivity contribution in [1.29, 1.82) is 5.26 Å². The number of nitrogens with zero attached hydrogens (tertiary/aromatic N) is 3. The molecule has 2 atom stereocenters. The minimum Gasteiger partial charge on any atom is -0.360 e. The van der Waals surface area contributed by atoms with Crippen molar-refractivity contribution in [2.45, 2.75) is 49.2 Å². The largest absolute Gasteiger partial charge is 0.360 e. The lowest BCUT2D eigenvalue weighted by Gasteiger charge is -2.28. The highest BCUT2D eigenvalue weighted by atomic mass is 32.2. The van der Waals surface area contributed by atoms with E-state index in [-0.39, 0.29) is 17.1 Å². The van der Waals surface area contributed by atoms with Crippen LogP contribution < -0.4 is 10.6 Å². The highest BCUT2D eigenvalue weighted by Crippen LogP contribution is 2.29. The van der Waals surface area contributed by atoms with Gasteiger partial charge in [-0.1, -0.05) is 43.0 Å². The Labute approximate surface area is 166 Å². The lowest BCUT2D eigenvalue weighted by Crippen LogP contribution is -2.51. The Balaban J connectivity index is 1.83. The van der Waals surface area contributed by atoms with Crippen LogP contribution in [0.2, 0.25) is 0 Å². The molecule has 2 rings (SSSR count). The number of thioether (sulfide) groups is 1. The molecular weight excluding hydrogens is 386 g/mol. The fourth-order valence-corrected chi connectivity index (χ4v) is 4.57. The average Bonchev–Trinajstić information content (AvgIpc) is 3.26. The van der Waals surface area contributed by atoms with Crippen molar-refractivity contribution < 1.29 is 4.79 Å². The van der Waals surface area contributed by atoms with E-state index in [2.05, 4.69) is 38.3 Å². The molecule has 26 heavy (non-hydrogen) atoms. The Morgan fingerprint density at radius 3 is 2.81 bits per heavy atom. The number of anilines is 1. The van der Waals surface area contributed by atoms with Gasteiger partial charge in [0.15, 0.2) is 4.34 Å². The SMILES string of the molecule is CC(Sc1nnc(NCCc2cccs2)s1)C(=O)NC(C)(C#N)C(C)C. The van der Waals surface area contributed by atoms with Gasteiger partial charge in [-0.05, 0) is 37.6 Å². The third-order valence-corrected chi connectivity index (χ3v) is 7.05. The summed E-state index contributed by atoms with van der Waals surface area (Å²) in [4.78, 5) is 13.7. The molecule has 2 heterocycles. The number of carbonyl (C=O) groups excluding carboxylic acids is 1. The van der Waals surface area contributed by atoms with E-state index in [1.165, 1.54) is 28.0 Å². The predicted molar refractivity (Wildman–Crippen MR) is 109 cm³/mol. The summed E-state index contributed by atoms with van der Waals surface area (Å²) in [6.45, 7) is 8.18. The maximum atomic E-state index is 12.4. The molecule has 9 heteroatoms. The minimum absolute atomic E-state index is 0.0225. The number of carbonyl (C=O) groups is 1. The summed E-state index contributed by atoms with van der Waals surface area (Å²) in [6.07, 6.45) is 0.945. The van der Waals surface area contributed by atoms with Gasteiger partial charge in [0.1, 0.15) is 5.54 Å². The molecule has 0 fully saturated rings. The van der Waals surface area contributed by atoms with Gasteiger partial charge in [0, 0.05) is 11.4 Å². The van der Waals surface area contributed by atoms with E-state index in [1.807, 2.05) is 26.8 Å². The first-order valence-electron chi connectivity index (χ1n) is 8.33.